The standard InChI is InChI=1S/C14H18N2O5/c1-9-10(3-2-4-12(9)16(19)20)7-15-8-11-5-6-13(21-11)14(17)18/h2-4,11,13,15H,5-8H2,1H3,(H,17,18). The summed E-state index contributed by atoms with van der Waals surface area (Å²) in [4.78, 5) is 21.3. The molecule has 0 saturated carbocycles. The maximum Gasteiger partial charge on any atom is 0.332 e. The van der Waals surface area contributed by atoms with E-state index in [4.69, 9.17) is 9.84 Å². The largest absolute Gasteiger partial charge is 0.479 e. The third kappa shape index (κ3) is 3.77. The second-order valence-electron chi connectivity index (χ2n) is 5.11. The van der Waals surface area contributed by atoms with Crippen molar-refractivity contribution in [2.24, 2.45) is 0 Å². The van der Waals surface area contributed by atoms with Gasteiger partial charge in [-0.3, -0.25) is 10.1 Å². The number of carboxylic acid groups (broad SMARTS) is 1. The van der Waals surface area contributed by atoms with Crippen molar-refractivity contribution in [3.8, 4) is 0 Å². The van der Waals surface area contributed by atoms with Crippen LogP contribution in [-0.4, -0.2) is 34.8 Å². The van der Waals surface area contributed by atoms with Crippen molar-refractivity contribution in [1.29, 1.82) is 0 Å². The molecule has 7 heteroatoms. The van der Waals surface area contributed by atoms with Crippen LogP contribution in [-0.2, 0) is 16.1 Å². The van der Waals surface area contributed by atoms with Gasteiger partial charge >= 0.3 is 5.97 Å². The fourth-order valence-electron chi connectivity index (χ4n) is 2.46. The van der Waals surface area contributed by atoms with E-state index in [1.807, 2.05) is 6.07 Å². The lowest BCUT2D eigenvalue weighted by Gasteiger charge is -2.13. The lowest BCUT2D eigenvalue weighted by Crippen LogP contribution is -2.28. The van der Waals surface area contributed by atoms with E-state index in [-0.39, 0.29) is 11.8 Å². The maximum absolute atomic E-state index is 10.9. The van der Waals surface area contributed by atoms with Gasteiger partial charge in [0, 0.05) is 24.7 Å². The molecule has 1 heterocycles. The number of hydrogen-bond acceptors (Lipinski definition) is 5. The van der Waals surface area contributed by atoms with Crippen LogP contribution in [0.1, 0.15) is 24.0 Å². The summed E-state index contributed by atoms with van der Waals surface area (Å²) in [6.45, 7) is 2.75. The number of aliphatic carboxylic acids is 1. The van der Waals surface area contributed by atoms with Crippen molar-refractivity contribution >= 4 is 11.7 Å². The number of carbonyl (C=O) groups is 1. The quantitative estimate of drug-likeness (QED) is 0.610. The number of nitro benzene ring substituents is 1. The zero-order chi connectivity index (χ0) is 15.4. The molecule has 21 heavy (non-hydrogen) atoms. The predicted molar refractivity (Wildman–Crippen MR) is 75.1 cm³/mol. The van der Waals surface area contributed by atoms with E-state index in [0.717, 1.165) is 5.56 Å². The minimum atomic E-state index is -0.924. The molecule has 7 nitrogen and oxygen atoms in total. The molecule has 0 aliphatic carbocycles. The third-order valence-corrected chi connectivity index (χ3v) is 3.68. The lowest BCUT2D eigenvalue weighted by atomic mass is 10.1. The van der Waals surface area contributed by atoms with E-state index >= 15 is 0 Å². The molecule has 114 valence electrons. The summed E-state index contributed by atoms with van der Waals surface area (Å²) in [6.07, 6.45) is 0.400. The summed E-state index contributed by atoms with van der Waals surface area (Å²) in [5.74, 6) is -0.924. The van der Waals surface area contributed by atoms with Gasteiger partial charge < -0.3 is 15.2 Å². The van der Waals surface area contributed by atoms with Crippen LogP contribution >= 0.6 is 0 Å². The number of hydrogen-bond donors (Lipinski definition) is 2. The Morgan fingerprint density at radius 1 is 1.52 bits per heavy atom. The van der Waals surface area contributed by atoms with Gasteiger partial charge in [0.1, 0.15) is 0 Å². The van der Waals surface area contributed by atoms with Crippen molar-refractivity contribution in [1.82, 2.24) is 5.32 Å². The van der Waals surface area contributed by atoms with E-state index in [0.29, 0.717) is 31.5 Å². The molecule has 0 aromatic heterocycles. The number of rotatable bonds is 6. The summed E-state index contributed by atoms with van der Waals surface area (Å²) >= 11 is 0. The summed E-state index contributed by atoms with van der Waals surface area (Å²) in [6, 6.07) is 4.98. The number of carboxylic acids is 1. The molecule has 1 aromatic carbocycles. The molecule has 1 aliphatic heterocycles. The molecule has 1 aromatic rings. The fraction of sp³-hybridized carbons (Fsp3) is 0.500. The first-order valence-corrected chi connectivity index (χ1v) is 6.81. The molecule has 0 spiro atoms. The van der Waals surface area contributed by atoms with Gasteiger partial charge in [0.2, 0.25) is 0 Å². The highest BCUT2D eigenvalue weighted by atomic mass is 16.6. The normalized spacial score (nSPS) is 21.4. The number of nitrogens with one attached hydrogen (secondary N) is 1. The van der Waals surface area contributed by atoms with Crippen molar-refractivity contribution < 1.29 is 19.6 Å². The highest BCUT2D eigenvalue weighted by Crippen LogP contribution is 2.22. The van der Waals surface area contributed by atoms with Crippen LogP contribution in [0.4, 0.5) is 5.69 Å². The molecule has 2 rings (SSSR count). The summed E-state index contributed by atoms with van der Waals surface area (Å²) in [7, 11) is 0. The molecule has 1 aliphatic rings. The Morgan fingerprint density at radius 3 is 2.90 bits per heavy atom. The van der Waals surface area contributed by atoms with Gasteiger partial charge in [-0.2, -0.15) is 0 Å². The number of nitro groups is 1. The Bertz CT molecular complexity index is 546. The first kappa shape index (κ1) is 15.4. The van der Waals surface area contributed by atoms with Crippen LogP contribution in [0.3, 0.4) is 0 Å². The average Bonchev–Trinajstić information content (AvgIpc) is 2.89. The first-order chi connectivity index (χ1) is 9.99. The number of ether oxygens (including phenoxy) is 1. The molecule has 0 radical (unpaired) electrons. The second kappa shape index (κ2) is 6.64. The van der Waals surface area contributed by atoms with E-state index in [9.17, 15) is 14.9 Å². The Hall–Kier alpha value is -1.99. The van der Waals surface area contributed by atoms with Crippen molar-refractivity contribution in [2.75, 3.05) is 6.54 Å². The van der Waals surface area contributed by atoms with E-state index in [2.05, 4.69) is 5.32 Å². The Labute approximate surface area is 122 Å². The zero-order valence-electron chi connectivity index (χ0n) is 11.7. The number of benzene rings is 1. The summed E-state index contributed by atoms with van der Waals surface area (Å²) in [5.41, 5.74) is 1.61. The molecule has 2 atom stereocenters. The highest BCUT2D eigenvalue weighted by Gasteiger charge is 2.30. The lowest BCUT2D eigenvalue weighted by molar-refractivity contribution is -0.385. The Kier molecular flexibility index (Phi) is 4.87. The van der Waals surface area contributed by atoms with Crippen LogP contribution < -0.4 is 5.32 Å². The van der Waals surface area contributed by atoms with E-state index < -0.39 is 17.0 Å². The van der Waals surface area contributed by atoms with Crippen molar-refractivity contribution in [3.05, 3.63) is 39.4 Å². The maximum atomic E-state index is 10.9. The molecule has 0 bridgehead atoms. The smallest absolute Gasteiger partial charge is 0.332 e. The molecule has 0 amide bonds. The van der Waals surface area contributed by atoms with Gasteiger partial charge in [0.15, 0.2) is 6.10 Å². The van der Waals surface area contributed by atoms with Crippen LogP contribution in [0.2, 0.25) is 0 Å². The number of nitrogens with zero attached hydrogens (tertiary/aromatic N) is 1. The topological polar surface area (TPSA) is 102 Å². The van der Waals surface area contributed by atoms with Gasteiger partial charge in [-0.05, 0) is 25.3 Å². The monoisotopic (exact) mass is 294 g/mol. The van der Waals surface area contributed by atoms with Crippen LogP contribution in [0, 0.1) is 17.0 Å². The zero-order valence-corrected chi connectivity index (χ0v) is 11.7. The van der Waals surface area contributed by atoms with Gasteiger partial charge in [-0.15, -0.1) is 0 Å². The molecular weight excluding hydrogens is 276 g/mol. The average molecular weight is 294 g/mol. The van der Waals surface area contributed by atoms with Gasteiger partial charge in [0.05, 0.1) is 11.0 Å². The minimum Gasteiger partial charge on any atom is -0.479 e. The molecule has 1 saturated heterocycles. The highest BCUT2D eigenvalue weighted by molar-refractivity contribution is 5.72. The van der Waals surface area contributed by atoms with Crippen LogP contribution in [0.15, 0.2) is 18.2 Å². The molecule has 2 unspecified atom stereocenters. The molecule has 1 fully saturated rings. The molecular formula is C14H18N2O5. The van der Waals surface area contributed by atoms with Crippen molar-refractivity contribution in [3.63, 3.8) is 0 Å². The van der Waals surface area contributed by atoms with Gasteiger partial charge in [-0.25, -0.2) is 4.79 Å². The van der Waals surface area contributed by atoms with Crippen LogP contribution in [0.5, 0.6) is 0 Å². The van der Waals surface area contributed by atoms with Gasteiger partial charge in [-0.1, -0.05) is 12.1 Å². The summed E-state index contributed by atoms with van der Waals surface area (Å²) < 4.78 is 5.38. The first-order valence-electron chi connectivity index (χ1n) is 6.81. The fourth-order valence-corrected chi connectivity index (χ4v) is 2.46. The Morgan fingerprint density at radius 2 is 2.29 bits per heavy atom. The van der Waals surface area contributed by atoms with Crippen molar-refractivity contribution in [2.45, 2.75) is 38.5 Å². The minimum absolute atomic E-state index is 0.109. The third-order valence-electron chi connectivity index (χ3n) is 3.68. The predicted octanol–water partition coefficient (Wildman–Crippen LogP) is 1.63. The summed E-state index contributed by atoms with van der Waals surface area (Å²) in [5, 5.41) is 22.9. The van der Waals surface area contributed by atoms with Gasteiger partial charge in [0.25, 0.3) is 5.69 Å². The second-order valence-corrected chi connectivity index (χ2v) is 5.11. The van der Waals surface area contributed by atoms with Crippen LogP contribution in [0.25, 0.3) is 0 Å². The SMILES string of the molecule is Cc1c(CNCC2CCC(C(=O)O)O2)cccc1[N+](=O)[O-]. The van der Waals surface area contributed by atoms with E-state index in [1.54, 1.807) is 13.0 Å². The Balaban J connectivity index is 1.86. The van der Waals surface area contributed by atoms with E-state index in [1.165, 1.54) is 6.07 Å². The molecule has 2 N–H and O–H groups in total.